The molecule has 1 aliphatic rings. The van der Waals surface area contributed by atoms with Crippen molar-refractivity contribution >= 4 is 60.5 Å². The molecular weight excluding hydrogens is 528 g/mol. The third kappa shape index (κ3) is 3.57. The molecule has 5 aromatic carbocycles. The highest BCUT2D eigenvalue weighted by molar-refractivity contribution is 6.39. The van der Waals surface area contributed by atoms with Crippen LogP contribution in [0.4, 0.5) is 11.4 Å². The molecule has 5 aromatic rings. The van der Waals surface area contributed by atoms with E-state index in [1.807, 2.05) is 13.0 Å². The Morgan fingerprint density at radius 2 is 1.39 bits per heavy atom. The molecule has 0 saturated carbocycles. The zero-order chi connectivity index (χ0) is 29.2. The molecule has 0 radical (unpaired) electrons. The van der Waals surface area contributed by atoms with Crippen molar-refractivity contribution in [1.82, 2.24) is 0 Å². The summed E-state index contributed by atoms with van der Waals surface area (Å²) in [5.74, 6) is 0.658. The number of benzene rings is 5. The topological polar surface area (TPSA) is 147 Å². The van der Waals surface area contributed by atoms with Crippen molar-refractivity contribution in [2.75, 3.05) is 58.3 Å². The molecule has 0 heterocycles. The summed E-state index contributed by atoms with van der Waals surface area (Å²) in [5.41, 5.74) is 2.08. The van der Waals surface area contributed by atoms with Gasteiger partial charge in [-0.3, -0.25) is 9.59 Å². The van der Waals surface area contributed by atoms with Crippen molar-refractivity contribution in [3.63, 3.8) is 0 Å². The quantitative estimate of drug-likeness (QED) is 0.135. The van der Waals surface area contributed by atoms with Gasteiger partial charge in [0, 0.05) is 69.0 Å². The molecule has 10 nitrogen and oxygen atoms in total. The smallest absolute Gasteiger partial charge is 0.230 e. The number of methoxy groups -OCH3 is 3. The van der Waals surface area contributed by atoms with Gasteiger partial charge in [0.1, 0.15) is 17.2 Å². The van der Waals surface area contributed by atoms with E-state index < -0.39 is 5.43 Å². The molecular formula is C31H30N2O8. The maximum absolute atomic E-state index is 14.2. The van der Waals surface area contributed by atoms with Crippen LogP contribution in [-0.2, 0) is 6.42 Å². The van der Waals surface area contributed by atoms with Gasteiger partial charge in [-0.15, -0.1) is 0 Å². The minimum atomic E-state index is -0.423. The molecule has 0 atom stereocenters. The molecule has 0 bridgehead atoms. The van der Waals surface area contributed by atoms with Crippen molar-refractivity contribution in [2.45, 2.75) is 13.3 Å². The number of aliphatic hydroxyl groups is 2. The molecule has 0 unspecified atom stereocenters. The highest BCUT2D eigenvalue weighted by Gasteiger charge is 2.32. The zero-order valence-corrected chi connectivity index (χ0v) is 23.2. The van der Waals surface area contributed by atoms with E-state index in [1.54, 1.807) is 6.07 Å². The summed E-state index contributed by atoms with van der Waals surface area (Å²) in [7, 11) is 4.45. The summed E-state index contributed by atoms with van der Waals surface area (Å²) in [4.78, 5) is 28.2. The van der Waals surface area contributed by atoms with Crippen LogP contribution in [-0.4, -0.2) is 63.0 Å². The van der Waals surface area contributed by atoms with E-state index in [1.165, 1.54) is 27.4 Å². The second-order valence-corrected chi connectivity index (χ2v) is 10.2. The molecule has 0 spiro atoms. The van der Waals surface area contributed by atoms with Crippen molar-refractivity contribution in [2.24, 2.45) is 0 Å². The van der Waals surface area contributed by atoms with Gasteiger partial charge in [-0.05, 0) is 18.7 Å². The van der Waals surface area contributed by atoms with Crippen LogP contribution >= 0.6 is 0 Å². The summed E-state index contributed by atoms with van der Waals surface area (Å²) in [5, 5.41) is 40.6. The monoisotopic (exact) mass is 558 g/mol. The number of phenolic OH excluding ortho intramolecular Hbond substituents is 1. The maximum Gasteiger partial charge on any atom is 0.230 e. The van der Waals surface area contributed by atoms with Gasteiger partial charge in [0.25, 0.3) is 0 Å². The van der Waals surface area contributed by atoms with Crippen molar-refractivity contribution < 1.29 is 29.5 Å². The predicted octanol–water partition coefficient (Wildman–Crippen LogP) is 3.39. The van der Waals surface area contributed by atoms with E-state index in [0.717, 1.165) is 5.57 Å². The summed E-state index contributed by atoms with van der Waals surface area (Å²) < 4.78 is 17.4. The van der Waals surface area contributed by atoms with Crippen LogP contribution in [0.15, 0.2) is 27.3 Å². The second-order valence-electron chi connectivity index (χ2n) is 10.2. The first-order valence-corrected chi connectivity index (χ1v) is 13.2. The average Bonchev–Trinajstić information content (AvgIpc) is 3.11. The Morgan fingerprint density at radius 1 is 0.756 bits per heavy atom. The first-order chi connectivity index (χ1) is 19.8. The molecule has 0 aliphatic heterocycles. The fourth-order valence-electron chi connectivity index (χ4n) is 6.44. The Labute approximate surface area is 234 Å². The van der Waals surface area contributed by atoms with E-state index in [2.05, 4.69) is 10.6 Å². The Kier molecular flexibility index (Phi) is 6.39. The molecule has 41 heavy (non-hydrogen) atoms. The average molecular weight is 559 g/mol. The minimum Gasteiger partial charge on any atom is -0.507 e. The van der Waals surface area contributed by atoms with E-state index in [9.17, 15) is 24.9 Å². The molecule has 0 fully saturated rings. The van der Waals surface area contributed by atoms with Gasteiger partial charge in [-0.2, -0.15) is 0 Å². The number of ether oxygens (including phenoxy) is 3. The van der Waals surface area contributed by atoms with Gasteiger partial charge in [0.05, 0.1) is 51.0 Å². The third-order valence-electron chi connectivity index (χ3n) is 7.89. The summed E-state index contributed by atoms with van der Waals surface area (Å²) in [6, 6.07) is 3.09. The lowest BCUT2D eigenvalue weighted by molar-refractivity contribution is 0.311. The van der Waals surface area contributed by atoms with E-state index >= 15 is 0 Å². The zero-order valence-electron chi connectivity index (χ0n) is 23.2. The Balaban J connectivity index is 2.07. The number of nitrogens with one attached hydrogen (secondary N) is 2. The van der Waals surface area contributed by atoms with Gasteiger partial charge in [-0.25, -0.2) is 0 Å². The number of fused-ring (bicyclic) bond motifs is 1. The first-order valence-electron chi connectivity index (χ1n) is 13.2. The van der Waals surface area contributed by atoms with Gasteiger partial charge < -0.3 is 40.2 Å². The molecule has 5 N–H and O–H groups in total. The van der Waals surface area contributed by atoms with Crippen LogP contribution in [0.3, 0.4) is 0 Å². The lowest BCUT2D eigenvalue weighted by Gasteiger charge is -2.24. The standard InChI is InChI=1S/C31H30N2O8/c1-13-9-14-20-21-15(10-13)31(41-4)30(38)22-16(32-5-7-34)11-18(39-2)24(26(21)22)25-19(40-3)12-17(36)23(27(20)25)29(37)28(14)33-6-8-35/h9,11-12,32-36H,5-8,10H2,1-4H3. The van der Waals surface area contributed by atoms with Gasteiger partial charge in [0.2, 0.25) is 10.9 Å². The summed E-state index contributed by atoms with van der Waals surface area (Å²) in [6.07, 6.45) is 2.27. The van der Waals surface area contributed by atoms with Gasteiger partial charge >= 0.3 is 0 Å². The highest BCUT2D eigenvalue weighted by Crippen LogP contribution is 2.54. The Hall–Kier alpha value is -4.54. The number of hydrogen-bond acceptors (Lipinski definition) is 10. The Bertz CT molecular complexity index is 2020. The lowest BCUT2D eigenvalue weighted by Crippen LogP contribution is -2.18. The van der Waals surface area contributed by atoms with E-state index in [4.69, 9.17) is 14.2 Å². The normalized spacial score (nSPS) is 12.9. The predicted molar refractivity (Wildman–Crippen MR) is 161 cm³/mol. The van der Waals surface area contributed by atoms with Crippen LogP contribution in [0, 0.1) is 0 Å². The number of anilines is 2. The number of rotatable bonds is 9. The lowest BCUT2D eigenvalue weighted by atomic mass is 9.83. The van der Waals surface area contributed by atoms with Gasteiger partial charge in [-0.1, -0.05) is 11.6 Å². The fraction of sp³-hybridized carbons (Fsp3) is 0.290. The molecule has 6 rings (SSSR count). The molecule has 212 valence electrons. The van der Waals surface area contributed by atoms with Crippen LogP contribution < -0.4 is 35.7 Å². The SMILES string of the molecule is COc1c2c3c4c(c(NCCO)c(=O)c5c(O)cc(OC)c(c6c(OC)cc(NCCO)c(c1=O)c63)c54)C=C(C)C2. The summed E-state index contributed by atoms with van der Waals surface area (Å²) >= 11 is 0. The first kappa shape index (κ1) is 26.7. The fourth-order valence-corrected chi connectivity index (χ4v) is 6.44. The second kappa shape index (κ2) is 9.83. The molecule has 0 amide bonds. The van der Waals surface area contributed by atoms with Crippen LogP contribution in [0.1, 0.15) is 18.1 Å². The van der Waals surface area contributed by atoms with Crippen LogP contribution in [0.5, 0.6) is 23.0 Å². The highest BCUT2D eigenvalue weighted by atomic mass is 16.5. The number of aliphatic hydroxyl groups excluding tert-OH is 2. The van der Waals surface area contributed by atoms with Crippen molar-refractivity contribution in [1.29, 1.82) is 0 Å². The molecule has 0 saturated heterocycles. The number of phenols is 1. The van der Waals surface area contributed by atoms with Gasteiger partial charge in [0.15, 0.2) is 5.75 Å². The largest absolute Gasteiger partial charge is 0.507 e. The van der Waals surface area contributed by atoms with Crippen molar-refractivity contribution in [3.05, 3.63) is 49.3 Å². The number of aromatic hydroxyl groups is 1. The maximum atomic E-state index is 14.2. The molecule has 1 aliphatic carbocycles. The third-order valence-corrected chi connectivity index (χ3v) is 7.89. The minimum absolute atomic E-state index is 0.0902. The summed E-state index contributed by atoms with van der Waals surface area (Å²) in [6.45, 7) is 1.87. The number of allylic oxidation sites excluding steroid dienone is 1. The Morgan fingerprint density at radius 3 is 2.02 bits per heavy atom. The molecule has 0 aromatic heterocycles. The van der Waals surface area contributed by atoms with Crippen LogP contribution in [0.2, 0.25) is 0 Å². The molecule has 10 heteroatoms. The van der Waals surface area contributed by atoms with E-state index in [0.29, 0.717) is 72.4 Å². The van der Waals surface area contributed by atoms with Crippen molar-refractivity contribution in [3.8, 4) is 23.0 Å². The van der Waals surface area contributed by atoms with Crippen LogP contribution in [0.25, 0.3) is 49.2 Å². The van der Waals surface area contributed by atoms with E-state index in [-0.39, 0.29) is 54.3 Å². The number of hydrogen-bond donors (Lipinski definition) is 5.